The van der Waals surface area contributed by atoms with Crippen LogP contribution in [0, 0.1) is 0 Å². The van der Waals surface area contributed by atoms with E-state index in [2.05, 4.69) is 59.6 Å². The lowest BCUT2D eigenvalue weighted by Crippen LogP contribution is -2.48. The highest BCUT2D eigenvalue weighted by molar-refractivity contribution is 5.89. The summed E-state index contributed by atoms with van der Waals surface area (Å²) >= 11 is 0. The zero-order valence-corrected chi connectivity index (χ0v) is 18.1. The highest BCUT2D eigenvalue weighted by Gasteiger charge is 2.38. The van der Waals surface area contributed by atoms with Crippen molar-refractivity contribution in [2.45, 2.75) is 43.7 Å². The molecule has 0 aliphatic heterocycles. The van der Waals surface area contributed by atoms with Crippen LogP contribution in [-0.2, 0) is 16.8 Å². The minimum atomic E-state index is 0.0515. The molecule has 1 heterocycles. The van der Waals surface area contributed by atoms with E-state index in [0.717, 1.165) is 47.9 Å². The third kappa shape index (κ3) is 3.94. The van der Waals surface area contributed by atoms with Gasteiger partial charge in [-0.2, -0.15) is 0 Å². The Balaban J connectivity index is 1.40. The van der Waals surface area contributed by atoms with Gasteiger partial charge in [-0.25, -0.2) is 0 Å². The lowest BCUT2D eigenvalue weighted by Gasteiger charge is -2.45. The van der Waals surface area contributed by atoms with Crippen molar-refractivity contribution in [1.82, 2.24) is 15.2 Å². The fourth-order valence-corrected chi connectivity index (χ4v) is 4.86. The van der Waals surface area contributed by atoms with Gasteiger partial charge in [0.2, 0.25) is 5.91 Å². The molecule has 2 N–H and O–H groups in total. The Labute approximate surface area is 178 Å². The molecule has 1 aliphatic rings. The number of nitrogens with zero attached hydrogens (tertiary/aromatic N) is 1. The van der Waals surface area contributed by atoms with Gasteiger partial charge in [-0.15, -0.1) is 0 Å². The summed E-state index contributed by atoms with van der Waals surface area (Å²) < 4.78 is 5.33. The van der Waals surface area contributed by atoms with Crippen LogP contribution in [0.2, 0.25) is 0 Å². The van der Waals surface area contributed by atoms with Crippen LogP contribution >= 0.6 is 0 Å². The van der Waals surface area contributed by atoms with Crippen LogP contribution in [0.3, 0.4) is 0 Å². The monoisotopic (exact) mass is 405 g/mol. The van der Waals surface area contributed by atoms with Crippen molar-refractivity contribution in [3.63, 3.8) is 0 Å². The van der Waals surface area contributed by atoms with E-state index in [0.29, 0.717) is 6.42 Å². The summed E-state index contributed by atoms with van der Waals surface area (Å²) in [6, 6.07) is 16.9. The molecule has 0 spiro atoms. The van der Waals surface area contributed by atoms with Gasteiger partial charge >= 0.3 is 0 Å². The van der Waals surface area contributed by atoms with Gasteiger partial charge in [0, 0.05) is 28.7 Å². The zero-order valence-electron chi connectivity index (χ0n) is 18.1. The van der Waals surface area contributed by atoms with Crippen molar-refractivity contribution in [3.8, 4) is 5.75 Å². The van der Waals surface area contributed by atoms with Gasteiger partial charge in [-0.05, 0) is 69.1 Å². The van der Waals surface area contributed by atoms with Gasteiger partial charge in [-0.3, -0.25) is 9.69 Å². The predicted octanol–water partition coefficient (Wildman–Crippen LogP) is 4.23. The number of nitrogens with one attached hydrogen (secondary N) is 2. The second kappa shape index (κ2) is 8.52. The molecule has 4 rings (SSSR count). The molecule has 5 nitrogen and oxygen atoms in total. The Kier molecular flexibility index (Phi) is 5.82. The number of hydrogen-bond donors (Lipinski definition) is 2. The minimum absolute atomic E-state index is 0.0515. The fraction of sp³-hybridized carbons (Fsp3) is 0.400. The number of H-pyrrole nitrogens is 1. The van der Waals surface area contributed by atoms with Crippen LogP contribution in [-0.4, -0.2) is 43.0 Å². The molecule has 1 saturated carbocycles. The van der Waals surface area contributed by atoms with Crippen LogP contribution in [0.5, 0.6) is 5.75 Å². The molecule has 0 bridgehead atoms. The Hall–Kier alpha value is -2.79. The Bertz CT molecular complexity index is 1000. The fourth-order valence-electron chi connectivity index (χ4n) is 4.86. The first kappa shape index (κ1) is 20.5. The summed E-state index contributed by atoms with van der Waals surface area (Å²) in [5.74, 6) is 0.887. The number of amides is 1. The van der Waals surface area contributed by atoms with Crippen molar-refractivity contribution in [2.24, 2.45) is 0 Å². The Morgan fingerprint density at radius 1 is 1.17 bits per heavy atom. The van der Waals surface area contributed by atoms with Crippen LogP contribution in [0.4, 0.5) is 0 Å². The van der Waals surface area contributed by atoms with Crippen LogP contribution in [0.15, 0.2) is 54.7 Å². The standard InChI is InChI=1S/C25H31N3O2/c1-28(2)25(19-7-5-4-6-8-19)13-11-20(12-14-25)27-24(29)15-18-17-26-23-10-9-21(30-3)16-22(18)23/h4-10,16-17,20,26H,11-15H2,1-3H3,(H,27,29). The second-order valence-corrected chi connectivity index (χ2v) is 8.54. The molecule has 1 aliphatic carbocycles. The molecule has 1 fully saturated rings. The summed E-state index contributed by atoms with van der Waals surface area (Å²) in [5, 5.41) is 4.32. The molecule has 0 saturated heterocycles. The smallest absolute Gasteiger partial charge is 0.224 e. The average molecular weight is 406 g/mol. The average Bonchev–Trinajstić information content (AvgIpc) is 3.16. The quantitative estimate of drug-likeness (QED) is 0.645. The third-order valence-electron chi connectivity index (χ3n) is 6.67. The first-order valence-corrected chi connectivity index (χ1v) is 10.7. The van der Waals surface area contributed by atoms with Crippen LogP contribution < -0.4 is 10.1 Å². The van der Waals surface area contributed by atoms with E-state index in [9.17, 15) is 4.79 Å². The van der Waals surface area contributed by atoms with E-state index in [-0.39, 0.29) is 17.5 Å². The molecule has 5 heteroatoms. The molecule has 2 aromatic carbocycles. The van der Waals surface area contributed by atoms with Gasteiger partial charge in [0.05, 0.1) is 13.5 Å². The summed E-state index contributed by atoms with van der Waals surface area (Å²) in [6.45, 7) is 0. The first-order chi connectivity index (χ1) is 14.5. The number of carbonyl (C=O) groups is 1. The number of benzene rings is 2. The van der Waals surface area contributed by atoms with Crippen molar-refractivity contribution < 1.29 is 9.53 Å². The number of fused-ring (bicyclic) bond motifs is 1. The molecular weight excluding hydrogens is 374 g/mol. The van der Waals surface area contributed by atoms with Crippen LogP contribution in [0.25, 0.3) is 10.9 Å². The lowest BCUT2D eigenvalue weighted by atomic mass is 9.74. The highest BCUT2D eigenvalue weighted by Crippen LogP contribution is 2.41. The summed E-state index contributed by atoms with van der Waals surface area (Å²) in [7, 11) is 5.99. The molecule has 0 unspecified atom stereocenters. The van der Waals surface area contributed by atoms with Crippen molar-refractivity contribution in [3.05, 3.63) is 65.9 Å². The van der Waals surface area contributed by atoms with Crippen LogP contribution in [0.1, 0.15) is 36.8 Å². The summed E-state index contributed by atoms with van der Waals surface area (Å²) in [4.78, 5) is 18.4. The maximum absolute atomic E-state index is 12.8. The molecule has 1 aromatic heterocycles. The van der Waals surface area contributed by atoms with E-state index < -0.39 is 0 Å². The molecule has 0 atom stereocenters. The lowest BCUT2D eigenvalue weighted by molar-refractivity contribution is -0.121. The Morgan fingerprint density at radius 3 is 2.57 bits per heavy atom. The maximum atomic E-state index is 12.8. The number of aromatic nitrogens is 1. The maximum Gasteiger partial charge on any atom is 0.224 e. The summed E-state index contributed by atoms with van der Waals surface area (Å²) in [5.41, 5.74) is 3.45. The Morgan fingerprint density at radius 2 is 1.90 bits per heavy atom. The largest absolute Gasteiger partial charge is 0.497 e. The van der Waals surface area contributed by atoms with Crippen molar-refractivity contribution >= 4 is 16.8 Å². The van der Waals surface area contributed by atoms with Crippen molar-refractivity contribution in [2.75, 3.05) is 21.2 Å². The molecule has 1 amide bonds. The third-order valence-corrected chi connectivity index (χ3v) is 6.67. The predicted molar refractivity (Wildman–Crippen MR) is 121 cm³/mol. The normalized spacial score (nSPS) is 21.7. The molecule has 158 valence electrons. The van der Waals surface area contributed by atoms with E-state index in [1.807, 2.05) is 24.4 Å². The summed E-state index contributed by atoms with van der Waals surface area (Å²) in [6.07, 6.45) is 6.36. The second-order valence-electron chi connectivity index (χ2n) is 8.54. The van der Waals surface area contributed by atoms with Gasteiger partial charge < -0.3 is 15.0 Å². The van der Waals surface area contributed by atoms with E-state index in [4.69, 9.17) is 4.74 Å². The molecule has 3 aromatic rings. The van der Waals surface area contributed by atoms with Gasteiger partial charge in [-0.1, -0.05) is 30.3 Å². The van der Waals surface area contributed by atoms with Crippen molar-refractivity contribution in [1.29, 1.82) is 0 Å². The van der Waals surface area contributed by atoms with Gasteiger partial charge in [0.25, 0.3) is 0 Å². The number of ether oxygens (including phenoxy) is 1. The van der Waals surface area contributed by atoms with Gasteiger partial charge in [0.15, 0.2) is 0 Å². The number of methoxy groups -OCH3 is 1. The minimum Gasteiger partial charge on any atom is -0.497 e. The van der Waals surface area contributed by atoms with E-state index >= 15 is 0 Å². The molecular formula is C25H31N3O2. The number of carbonyl (C=O) groups excluding carboxylic acids is 1. The number of hydrogen-bond acceptors (Lipinski definition) is 3. The molecule has 30 heavy (non-hydrogen) atoms. The number of rotatable bonds is 6. The molecule has 0 radical (unpaired) electrons. The van der Waals surface area contributed by atoms with E-state index in [1.165, 1.54) is 5.56 Å². The number of aromatic amines is 1. The zero-order chi connectivity index (χ0) is 21.1. The van der Waals surface area contributed by atoms with Gasteiger partial charge in [0.1, 0.15) is 5.75 Å². The van der Waals surface area contributed by atoms with E-state index in [1.54, 1.807) is 7.11 Å². The highest BCUT2D eigenvalue weighted by atomic mass is 16.5. The first-order valence-electron chi connectivity index (χ1n) is 10.7. The topological polar surface area (TPSA) is 57.4 Å². The SMILES string of the molecule is COc1ccc2[nH]cc(CC(=O)NC3CCC(c4ccccc4)(N(C)C)CC3)c2c1.